The van der Waals surface area contributed by atoms with E-state index in [9.17, 15) is 4.39 Å². The Morgan fingerprint density at radius 3 is 2.61 bits per heavy atom. The van der Waals surface area contributed by atoms with Crippen molar-refractivity contribution >= 4 is 0 Å². The molecule has 0 bridgehead atoms. The molecule has 1 N–H and O–H groups in total. The zero-order valence-electron chi connectivity index (χ0n) is 11.8. The van der Waals surface area contributed by atoms with Gasteiger partial charge in [0.05, 0.1) is 0 Å². The van der Waals surface area contributed by atoms with Gasteiger partial charge in [0, 0.05) is 12.1 Å². The van der Waals surface area contributed by atoms with E-state index in [0.717, 1.165) is 5.56 Å². The molecule has 3 atom stereocenters. The van der Waals surface area contributed by atoms with Gasteiger partial charge in [-0.1, -0.05) is 32.9 Å². The average Bonchev–Trinajstić information content (AvgIpc) is 2.51. The first-order valence-corrected chi connectivity index (χ1v) is 6.89. The van der Waals surface area contributed by atoms with Gasteiger partial charge in [0.2, 0.25) is 0 Å². The van der Waals surface area contributed by atoms with E-state index in [1.807, 2.05) is 6.07 Å². The van der Waals surface area contributed by atoms with Gasteiger partial charge < -0.3 is 5.32 Å². The van der Waals surface area contributed by atoms with Crippen LogP contribution in [-0.4, -0.2) is 6.04 Å². The van der Waals surface area contributed by atoms with E-state index in [0.29, 0.717) is 17.4 Å². The SMILES string of the molecule is CC1CC(C)(C)CC1N[C@H](C)c1cccc(F)c1. The lowest BCUT2D eigenvalue weighted by Gasteiger charge is -2.23. The number of benzene rings is 1. The van der Waals surface area contributed by atoms with Gasteiger partial charge in [0.15, 0.2) is 0 Å². The summed E-state index contributed by atoms with van der Waals surface area (Å²) in [5.41, 5.74) is 1.46. The molecule has 0 radical (unpaired) electrons. The fourth-order valence-corrected chi connectivity index (χ4v) is 3.31. The number of hydrogen-bond acceptors (Lipinski definition) is 1. The molecule has 0 heterocycles. The first-order chi connectivity index (χ1) is 8.37. The van der Waals surface area contributed by atoms with Crippen LogP contribution in [0.4, 0.5) is 4.39 Å². The molecular weight excluding hydrogens is 225 g/mol. The fraction of sp³-hybridized carbons (Fsp3) is 0.625. The second kappa shape index (κ2) is 5.00. The number of rotatable bonds is 3. The van der Waals surface area contributed by atoms with E-state index in [2.05, 4.69) is 33.0 Å². The van der Waals surface area contributed by atoms with Gasteiger partial charge >= 0.3 is 0 Å². The third kappa shape index (κ3) is 3.11. The Morgan fingerprint density at radius 1 is 1.33 bits per heavy atom. The average molecular weight is 249 g/mol. The van der Waals surface area contributed by atoms with Crippen LogP contribution >= 0.6 is 0 Å². The molecule has 1 aliphatic carbocycles. The third-order valence-corrected chi connectivity index (χ3v) is 4.15. The first kappa shape index (κ1) is 13.5. The summed E-state index contributed by atoms with van der Waals surface area (Å²) in [6.07, 6.45) is 2.47. The summed E-state index contributed by atoms with van der Waals surface area (Å²) in [5, 5.41) is 3.66. The van der Waals surface area contributed by atoms with Crippen molar-refractivity contribution in [1.82, 2.24) is 5.32 Å². The lowest BCUT2D eigenvalue weighted by Crippen LogP contribution is -2.33. The van der Waals surface area contributed by atoms with Crippen molar-refractivity contribution in [3.05, 3.63) is 35.6 Å². The minimum absolute atomic E-state index is 0.152. The minimum atomic E-state index is -0.152. The molecule has 0 spiro atoms. The summed E-state index contributed by atoms with van der Waals surface area (Å²) >= 11 is 0. The standard InChI is InChI=1S/C16H24FN/c1-11-9-16(3,4)10-15(11)18-12(2)13-6-5-7-14(17)8-13/h5-8,11-12,15,18H,9-10H2,1-4H3/t11?,12-,15?/m1/s1. The van der Waals surface area contributed by atoms with Crippen LogP contribution < -0.4 is 5.32 Å². The van der Waals surface area contributed by atoms with E-state index >= 15 is 0 Å². The smallest absolute Gasteiger partial charge is 0.123 e. The highest BCUT2D eigenvalue weighted by molar-refractivity contribution is 5.19. The summed E-state index contributed by atoms with van der Waals surface area (Å²) in [5.74, 6) is 0.539. The van der Waals surface area contributed by atoms with Crippen LogP contribution in [0.15, 0.2) is 24.3 Å². The quantitative estimate of drug-likeness (QED) is 0.842. The Bertz CT molecular complexity index is 413. The Morgan fingerprint density at radius 2 is 2.06 bits per heavy atom. The maximum Gasteiger partial charge on any atom is 0.123 e. The Labute approximate surface area is 110 Å². The third-order valence-electron chi connectivity index (χ3n) is 4.15. The summed E-state index contributed by atoms with van der Waals surface area (Å²) in [4.78, 5) is 0. The maximum atomic E-state index is 13.2. The molecule has 2 heteroatoms. The molecule has 2 unspecified atom stereocenters. The van der Waals surface area contributed by atoms with Crippen LogP contribution in [-0.2, 0) is 0 Å². The van der Waals surface area contributed by atoms with Gasteiger partial charge in [-0.25, -0.2) is 4.39 Å². The van der Waals surface area contributed by atoms with Gasteiger partial charge in [-0.15, -0.1) is 0 Å². The first-order valence-electron chi connectivity index (χ1n) is 6.89. The van der Waals surface area contributed by atoms with Crippen molar-refractivity contribution in [3.8, 4) is 0 Å². The van der Waals surface area contributed by atoms with Crippen molar-refractivity contribution in [1.29, 1.82) is 0 Å². The van der Waals surface area contributed by atoms with Crippen LogP contribution in [0.5, 0.6) is 0 Å². The minimum Gasteiger partial charge on any atom is -0.307 e. The molecule has 0 aliphatic heterocycles. The summed E-state index contributed by atoms with van der Waals surface area (Å²) < 4.78 is 13.2. The molecule has 1 saturated carbocycles. The summed E-state index contributed by atoms with van der Waals surface area (Å²) in [6, 6.07) is 7.65. The largest absolute Gasteiger partial charge is 0.307 e. The van der Waals surface area contributed by atoms with Crippen LogP contribution in [0.2, 0.25) is 0 Å². The second-order valence-electron chi connectivity index (χ2n) is 6.60. The molecule has 1 aromatic carbocycles. The van der Waals surface area contributed by atoms with E-state index in [1.54, 1.807) is 12.1 Å². The summed E-state index contributed by atoms with van der Waals surface area (Å²) in [7, 11) is 0. The molecular formula is C16H24FN. The highest BCUT2D eigenvalue weighted by atomic mass is 19.1. The predicted molar refractivity (Wildman–Crippen MR) is 73.9 cm³/mol. The van der Waals surface area contributed by atoms with Crippen molar-refractivity contribution in [3.63, 3.8) is 0 Å². The molecule has 1 nitrogen and oxygen atoms in total. The van der Waals surface area contributed by atoms with Gasteiger partial charge in [0.25, 0.3) is 0 Å². The molecule has 2 rings (SSSR count). The van der Waals surface area contributed by atoms with Gasteiger partial charge in [-0.05, 0) is 48.8 Å². The van der Waals surface area contributed by atoms with Crippen molar-refractivity contribution in [2.75, 3.05) is 0 Å². The highest BCUT2D eigenvalue weighted by Crippen LogP contribution is 2.41. The monoisotopic (exact) mass is 249 g/mol. The molecule has 0 saturated heterocycles. The zero-order valence-corrected chi connectivity index (χ0v) is 11.8. The predicted octanol–water partition coefficient (Wildman–Crippen LogP) is 4.30. The van der Waals surface area contributed by atoms with Crippen LogP contribution in [0, 0.1) is 17.2 Å². The molecule has 1 aromatic rings. The fourth-order valence-electron chi connectivity index (χ4n) is 3.31. The van der Waals surface area contributed by atoms with Crippen LogP contribution in [0.1, 0.15) is 52.1 Å². The van der Waals surface area contributed by atoms with Crippen molar-refractivity contribution in [2.45, 2.75) is 52.6 Å². The summed E-state index contributed by atoms with van der Waals surface area (Å²) in [6.45, 7) is 9.09. The van der Waals surface area contributed by atoms with Crippen molar-refractivity contribution < 1.29 is 4.39 Å². The van der Waals surface area contributed by atoms with Gasteiger partial charge in [-0.2, -0.15) is 0 Å². The van der Waals surface area contributed by atoms with E-state index in [-0.39, 0.29) is 11.9 Å². The molecule has 1 aliphatic rings. The lowest BCUT2D eigenvalue weighted by atomic mass is 9.91. The topological polar surface area (TPSA) is 12.0 Å². The Balaban J connectivity index is 2.02. The number of halogens is 1. The Kier molecular flexibility index (Phi) is 3.76. The van der Waals surface area contributed by atoms with E-state index in [4.69, 9.17) is 0 Å². The number of nitrogens with one attached hydrogen (secondary N) is 1. The van der Waals surface area contributed by atoms with Crippen LogP contribution in [0.3, 0.4) is 0 Å². The van der Waals surface area contributed by atoms with Gasteiger partial charge in [0.1, 0.15) is 5.82 Å². The van der Waals surface area contributed by atoms with E-state index < -0.39 is 0 Å². The maximum absolute atomic E-state index is 13.2. The van der Waals surface area contributed by atoms with Gasteiger partial charge in [-0.3, -0.25) is 0 Å². The lowest BCUT2D eigenvalue weighted by molar-refractivity contribution is 0.356. The van der Waals surface area contributed by atoms with Crippen LogP contribution in [0.25, 0.3) is 0 Å². The Hall–Kier alpha value is -0.890. The second-order valence-corrected chi connectivity index (χ2v) is 6.60. The number of hydrogen-bond donors (Lipinski definition) is 1. The molecule has 100 valence electrons. The molecule has 18 heavy (non-hydrogen) atoms. The van der Waals surface area contributed by atoms with Crippen molar-refractivity contribution in [2.24, 2.45) is 11.3 Å². The molecule has 1 fully saturated rings. The zero-order chi connectivity index (χ0) is 13.3. The molecule has 0 amide bonds. The normalized spacial score (nSPS) is 28.3. The molecule has 0 aromatic heterocycles. The highest BCUT2D eigenvalue weighted by Gasteiger charge is 2.36. The van der Waals surface area contributed by atoms with E-state index in [1.165, 1.54) is 18.9 Å².